The Morgan fingerprint density at radius 3 is 2.96 bits per heavy atom. The van der Waals surface area contributed by atoms with E-state index < -0.39 is 10.0 Å². The Morgan fingerprint density at radius 2 is 2.25 bits per heavy atom. The van der Waals surface area contributed by atoms with Crippen molar-refractivity contribution in [2.24, 2.45) is 0 Å². The molecule has 1 aliphatic heterocycles. The van der Waals surface area contributed by atoms with Crippen LogP contribution in [0.1, 0.15) is 29.6 Å². The summed E-state index contributed by atoms with van der Waals surface area (Å²) in [4.78, 5) is 12.3. The zero-order chi connectivity index (χ0) is 17.4. The number of benzene rings is 1. The van der Waals surface area contributed by atoms with Gasteiger partial charge in [0.1, 0.15) is 0 Å². The summed E-state index contributed by atoms with van der Waals surface area (Å²) in [6, 6.07) is 6.08. The molecule has 0 bridgehead atoms. The molecule has 0 saturated carbocycles. The highest BCUT2D eigenvalue weighted by Crippen LogP contribution is 2.14. The van der Waals surface area contributed by atoms with E-state index in [1.807, 2.05) is 6.26 Å². The number of amides is 1. The summed E-state index contributed by atoms with van der Waals surface area (Å²) >= 11 is 1.73. The van der Waals surface area contributed by atoms with Gasteiger partial charge in [0.25, 0.3) is 5.91 Å². The lowest BCUT2D eigenvalue weighted by Crippen LogP contribution is -2.45. The fourth-order valence-electron chi connectivity index (χ4n) is 2.56. The molecule has 24 heavy (non-hydrogen) atoms. The van der Waals surface area contributed by atoms with Crippen LogP contribution in [0.15, 0.2) is 29.2 Å². The Labute approximate surface area is 148 Å². The number of carbonyl (C=O) groups is 1. The molecule has 1 saturated heterocycles. The zero-order valence-electron chi connectivity index (χ0n) is 13.9. The molecule has 0 spiro atoms. The van der Waals surface area contributed by atoms with E-state index in [0.29, 0.717) is 18.7 Å². The zero-order valence-corrected chi connectivity index (χ0v) is 15.5. The molecule has 8 heteroatoms. The van der Waals surface area contributed by atoms with Crippen molar-refractivity contribution in [3.63, 3.8) is 0 Å². The van der Waals surface area contributed by atoms with Crippen molar-refractivity contribution >= 4 is 27.7 Å². The maximum absolute atomic E-state index is 12.5. The fourth-order valence-corrected chi connectivity index (χ4v) is 4.31. The highest BCUT2D eigenvalue weighted by molar-refractivity contribution is 7.98. The lowest BCUT2D eigenvalue weighted by molar-refractivity contribution is 0.0953. The maximum Gasteiger partial charge on any atom is 0.251 e. The molecule has 1 heterocycles. The second-order valence-corrected chi connectivity index (χ2v) is 8.49. The predicted octanol–water partition coefficient (Wildman–Crippen LogP) is 1.20. The number of hydrogen-bond acceptors (Lipinski definition) is 5. The molecule has 1 aromatic rings. The first kappa shape index (κ1) is 19.2. The number of thioether (sulfide) groups is 1. The molecule has 6 nitrogen and oxygen atoms in total. The van der Waals surface area contributed by atoms with E-state index in [2.05, 4.69) is 15.4 Å². The van der Waals surface area contributed by atoms with Crippen LogP contribution in [0.25, 0.3) is 0 Å². The van der Waals surface area contributed by atoms with E-state index >= 15 is 0 Å². The molecular weight excluding hydrogens is 346 g/mol. The summed E-state index contributed by atoms with van der Waals surface area (Å²) in [5, 5.41) is 6.00. The molecule has 3 N–H and O–H groups in total. The number of sulfonamides is 1. The third-order valence-electron chi connectivity index (χ3n) is 3.84. The van der Waals surface area contributed by atoms with Crippen molar-refractivity contribution in [1.29, 1.82) is 0 Å². The summed E-state index contributed by atoms with van der Waals surface area (Å²) in [5.74, 6) is 0.737. The highest BCUT2D eigenvalue weighted by atomic mass is 32.2. The van der Waals surface area contributed by atoms with Gasteiger partial charge in [-0.05, 0) is 56.0 Å². The number of hydrogen-bond donors (Lipinski definition) is 3. The molecule has 1 fully saturated rings. The van der Waals surface area contributed by atoms with Gasteiger partial charge in [0, 0.05) is 24.7 Å². The largest absolute Gasteiger partial charge is 0.352 e. The van der Waals surface area contributed by atoms with Crippen molar-refractivity contribution in [1.82, 2.24) is 15.4 Å². The van der Waals surface area contributed by atoms with Gasteiger partial charge in [0.15, 0.2) is 0 Å². The minimum atomic E-state index is -3.62. The molecule has 1 aliphatic rings. The van der Waals surface area contributed by atoms with Crippen molar-refractivity contribution in [3.8, 4) is 0 Å². The normalized spacial score (nSPS) is 18.3. The minimum Gasteiger partial charge on any atom is -0.352 e. The van der Waals surface area contributed by atoms with Crippen LogP contribution < -0.4 is 15.4 Å². The number of carbonyl (C=O) groups excluding carboxylic acids is 1. The van der Waals surface area contributed by atoms with Crippen LogP contribution in [0.2, 0.25) is 0 Å². The summed E-state index contributed by atoms with van der Waals surface area (Å²) in [6.07, 6.45) is 4.68. The molecule has 1 unspecified atom stereocenters. The monoisotopic (exact) mass is 371 g/mol. The lowest BCUT2D eigenvalue weighted by Gasteiger charge is -2.23. The molecule has 1 atom stereocenters. The Hall–Kier alpha value is -1.09. The number of piperidine rings is 1. The van der Waals surface area contributed by atoms with Crippen LogP contribution in [0.5, 0.6) is 0 Å². The van der Waals surface area contributed by atoms with E-state index in [4.69, 9.17) is 0 Å². The van der Waals surface area contributed by atoms with Gasteiger partial charge in [-0.1, -0.05) is 6.07 Å². The van der Waals surface area contributed by atoms with Gasteiger partial charge in [-0.15, -0.1) is 0 Å². The van der Waals surface area contributed by atoms with Gasteiger partial charge < -0.3 is 10.6 Å². The van der Waals surface area contributed by atoms with Crippen LogP contribution in [0.4, 0.5) is 0 Å². The smallest absolute Gasteiger partial charge is 0.251 e. The van der Waals surface area contributed by atoms with Gasteiger partial charge >= 0.3 is 0 Å². The first-order valence-corrected chi connectivity index (χ1v) is 11.0. The average molecular weight is 372 g/mol. The van der Waals surface area contributed by atoms with Crippen LogP contribution in [-0.4, -0.2) is 52.0 Å². The molecule has 0 radical (unpaired) electrons. The molecule has 2 rings (SSSR count). The van der Waals surface area contributed by atoms with Crippen LogP contribution in [0.3, 0.4) is 0 Å². The fraction of sp³-hybridized carbons (Fsp3) is 0.562. The third kappa shape index (κ3) is 5.77. The van der Waals surface area contributed by atoms with Gasteiger partial charge in [-0.3, -0.25) is 4.79 Å². The average Bonchev–Trinajstić information content (AvgIpc) is 2.59. The number of nitrogens with one attached hydrogen (secondary N) is 3. The molecule has 134 valence electrons. The van der Waals surface area contributed by atoms with Gasteiger partial charge in [0.2, 0.25) is 10.0 Å². The minimum absolute atomic E-state index is 0.104. The first-order chi connectivity index (χ1) is 11.5. The number of rotatable bonds is 8. The first-order valence-electron chi connectivity index (χ1n) is 8.13. The molecular formula is C16H25N3O3S2. The van der Waals surface area contributed by atoms with Gasteiger partial charge in [-0.25, -0.2) is 13.1 Å². The Morgan fingerprint density at radius 1 is 1.42 bits per heavy atom. The lowest BCUT2D eigenvalue weighted by atomic mass is 10.1. The van der Waals surface area contributed by atoms with Crippen molar-refractivity contribution in [2.45, 2.75) is 30.2 Å². The summed E-state index contributed by atoms with van der Waals surface area (Å²) in [7, 11) is -3.62. The van der Waals surface area contributed by atoms with Crippen molar-refractivity contribution in [3.05, 3.63) is 29.8 Å². The SMILES string of the molecule is CSCCCNC(=O)c1cccc(S(=O)(=O)NC2CCCNC2)c1. The molecule has 0 aromatic heterocycles. The van der Waals surface area contributed by atoms with Crippen LogP contribution in [-0.2, 0) is 10.0 Å². The summed E-state index contributed by atoms with van der Waals surface area (Å²) in [6.45, 7) is 2.14. The second kappa shape index (κ2) is 9.41. The molecule has 1 amide bonds. The van der Waals surface area contributed by atoms with Crippen LogP contribution >= 0.6 is 11.8 Å². The topological polar surface area (TPSA) is 87.3 Å². The quantitative estimate of drug-likeness (QED) is 0.598. The van der Waals surface area contributed by atoms with E-state index in [0.717, 1.165) is 31.6 Å². The summed E-state index contributed by atoms with van der Waals surface area (Å²) in [5.41, 5.74) is 0.365. The molecule has 0 aliphatic carbocycles. The Kier molecular flexibility index (Phi) is 7.54. The van der Waals surface area contributed by atoms with Crippen LogP contribution in [0, 0.1) is 0 Å². The second-order valence-electron chi connectivity index (χ2n) is 5.79. The van der Waals surface area contributed by atoms with Crippen molar-refractivity contribution < 1.29 is 13.2 Å². The highest BCUT2D eigenvalue weighted by Gasteiger charge is 2.22. The van der Waals surface area contributed by atoms with E-state index in [1.54, 1.807) is 23.9 Å². The van der Waals surface area contributed by atoms with E-state index in [-0.39, 0.29) is 16.8 Å². The van der Waals surface area contributed by atoms with E-state index in [1.165, 1.54) is 12.1 Å². The van der Waals surface area contributed by atoms with Gasteiger partial charge in [-0.2, -0.15) is 11.8 Å². The molecule has 1 aromatic carbocycles. The standard InChI is InChI=1S/C16H25N3O3S2/c1-23-10-4-9-18-16(20)13-5-2-7-15(11-13)24(21,22)19-14-6-3-8-17-12-14/h2,5,7,11,14,17,19H,3-4,6,8-10,12H2,1H3,(H,18,20). The third-order valence-corrected chi connectivity index (χ3v) is 6.05. The van der Waals surface area contributed by atoms with Gasteiger partial charge in [0.05, 0.1) is 4.90 Å². The predicted molar refractivity (Wildman–Crippen MR) is 98.0 cm³/mol. The van der Waals surface area contributed by atoms with E-state index in [9.17, 15) is 13.2 Å². The Bertz CT molecular complexity index is 644. The Balaban J connectivity index is 2.01. The van der Waals surface area contributed by atoms with Crippen molar-refractivity contribution in [2.75, 3.05) is 31.6 Å². The summed E-state index contributed by atoms with van der Waals surface area (Å²) < 4.78 is 27.7. The maximum atomic E-state index is 12.5.